The van der Waals surface area contributed by atoms with E-state index in [1.165, 1.54) is 0 Å². The Bertz CT molecular complexity index is 711. The zero-order valence-electron chi connectivity index (χ0n) is 14.9. The first kappa shape index (κ1) is 17.6. The number of hydrogen-bond acceptors (Lipinski definition) is 3. The van der Waals surface area contributed by atoms with Gasteiger partial charge in [0.1, 0.15) is 0 Å². The van der Waals surface area contributed by atoms with E-state index in [1.54, 1.807) is 0 Å². The number of nitrogens with zero attached hydrogens (tertiary/aromatic N) is 1. The van der Waals surface area contributed by atoms with Crippen molar-refractivity contribution in [3.05, 3.63) is 59.7 Å². The van der Waals surface area contributed by atoms with E-state index in [-0.39, 0.29) is 11.9 Å². The molecule has 0 bridgehead atoms. The van der Waals surface area contributed by atoms with Gasteiger partial charge in [-0.15, -0.1) is 0 Å². The van der Waals surface area contributed by atoms with E-state index in [0.29, 0.717) is 12.1 Å². The summed E-state index contributed by atoms with van der Waals surface area (Å²) in [6.45, 7) is 5.83. The lowest BCUT2D eigenvalue weighted by Crippen LogP contribution is -2.47. The van der Waals surface area contributed by atoms with Gasteiger partial charge in [0, 0.05) is 24.7 Å². The summed E-state index contributed by atoms with van der Waals surface area (Å²) in [7, 11) is 0. The van der Waals surface area contributed by atoms with E-state index in [2.05, 4.69) is 29.3 Å². The minimum Gasteiger partial charge on any atom is -0.348 e. The van der Waals surface area contributed by atoms with Crippen LogP contribution in [0.5, 0.6) is 0 Å². The normalized spacial score (nSPS) is 18.1. The lowest BCUT2D eigenvalue weighted by Gasteiger charge is -2.32. The highest BCUT2D eigenvalue weighted by Gasteiger charge is 2.20. The summed E-state index contributed by atoms with van der Waals surface area (Å²) in [4.78, 5) is 14.9. The van der Waals surface area contributed by atoms with Crippen LogP contribution in [-0.2, 0) is 6.54 Å². The average Bonchev–Trinajstić information content (AvgIpc) is 2.68. The molecule has 0 aliphatic carbocycles. The van der Waals surface area contributed by atoms with E-state index < -0.39 is 0 Å². The molecule has 3 N–H and O–H groups in total. The number of amides is 1. The monoisotopic (exact) mass is 337 g/mol. The number of rotatable bonds is 5. The quantitative estimate of drug-likeness (QED) is 0.882. The van der Waals surface area contributed by atoms with Crippen LogP contribution in [0.25, 0.3) is 11.1 Å². The van der Waals surface area contributed by atoms with E-state index in [1.807, 2.05) is 36.4 Å². The molecule has 0 saturated carbocycles. The fraction of sp³-hybridized carbons (Fsp3) is 0.381. The van der Waals surface area contributed by atoms with Crippen molar-refractivity contribution in [2.75, 3.05) is 19.6 Å². The molecule has 1 aliphatic rings. The second kappa shape index (κ2) is 8.28. The van der Waals surface area contributed by atoms with Crippen molar-refractivity contribution in [3.63, 3.8) is 0 Å². The number of likely N-dealkylation sites (tertiary alicyclic amines) is 1. The van der Waals surface area contributed by atoms with Crippen molar-refractivity contribution in [2.45, 2.75) is 32.4 Å². The molecule has 0 radical (unpaired) electrons. The standard InChI is InChI=1S/C21H27N3O/c1-2-24-12-4-7-20(15-24)23-21(25)18-10-8-17(9-11-18)19-6-3-5-16(13-19)14-22/h3,5-6,8-11,13,20H,2,4,7,12,14-15,22H2,1H3,(H,23,25)/t20-/m1/s1. The molecule has 2 aromatic carbocycles. The van der Waals surface area contributed by atoms with Gasteiger partial charge in [0.2, 0.25) is 0 Å². The van der Waals surface area contributed by atoms with Crippen LogP contribution in [0.4, 0.5) is 0 Å². The summed E-state index contributed by atoms with van der Waals surface area (Å²) in [5.74, 6) is 0.0187. The Morgan fingerprint density at radius 2 is 2.00 bits per heavy atom. The predicted octanol–water partition coefficient (Wildman–Crippen LogP) is 3.03. The first-order valence-corrected chi connectivity index (χ1v) is 9.12. The van der Waals surface area contributed by atoms with Gasteiger partial charge >= 0.3 is 0 Å². The summed E-state index contributed by atoms with van der Waals surface area (Å²) < 4.78 is 0. The highest BCUT2D eigenvalue weighted by atomic mass is 16.1. The molecule has 132 valence electrons. The van der Waals surface area contributed by atoms with Crippen LogP contribution < -0.4 is 11.1 Å². The molecule has 1 heterocycles. The number of benzene rings is 2. The van der Waals surface area contributed by atoms with Gasteiger partial charge in [-0.1, -0.05) is 37.3 Å². The van der Waals surface area contributed by atoms with E-state index in [4.69, 9.17) is 5.73 Å². The van der Waals surface area contributed by atoms with Crippen molar-refractivity contribution in [2.24, 2.45) is 5.73 Å². The third-order valence-electron chi connectivity index (χ3n) is 4.93. The van der Waals surface area contributed by atoms with Gasteiger partial charge in [0.25, 0.3) is 5.91 Å². The minimum atomic E-state index is 0.0187. The van der Waals surface area contributed by atoms with E-state index >= 15 is 0 Å². The van der Waals surface area contributed by atoms with Crippen molar-refractivity contribution in [1.82, 2.24) is 10.2 Å². The topological polar surface area (TPSA) is 58.4 Å². The summed E-state index contributed by atoms with van der Waals surface area (Å²) in [6, 6.07) is 16.3. The van der Waals surface area contributed by atoms with Crippen LogP contribution >= 0.6 is 0 Å². The largest absolute Gasteiger partial charge is 0.348 e. The first-order chi connectivity index (χ1) is 12.2. The second-order valence-corrected chi connectivity index (χ2v) is 6.69. The molecular weight excluding hydrogens is 310 g/mol. The summed E-state index contributed by atoms with van der Waals surface area (Å²) >= 11 is 0. The third kappa shape index (κ3) is 4.47. The van der Waals surface area contributed by atoms with Crippen LogP contribution in [0.1, 0.15) is 35.7 Å². The minimum absolute atomic E-state index is 0.0187. The number of hydrogen-bond donors (Lipinski definition) is 2. The molecule has 1 atom stereocenters. The van der Waals surface area contributed by atoms with Gasteiger partial charge in [0.15, 0.2) is 0 Å². The fourth-order valence-electron chi connectivity index (χ4n) is 3.42. The molecule has 2 aromatic rings. The fourth-order valence-corrected chi connectivity index (χ4v) is 3.42. The summed E-state index contributed by atoms with van der Waals surface area (Å²) in [5, 5.41) is 3.18. The maximum Gasteiger partial charge on any atom is 0.251 e. The van der Waals surface area contributed by atoms with Crippen LogP contribution in [0.15, 0.2) is 48.5 Å². The average molecular weight is 337 g/mol. The molecule has 1 aliphatic heterocycles. The number of likely N-dealkylation sites (N-methyl/N-ethyl adjacent to an activating group) is 1. The van der Waals surface area contributed by atoms with Gasteiger partial charge in [-0.25, -0.2) is 0 Å². The van der Waals surface area contributed by atoms with Crippen molar-refractivity contribution in [1.29, 1.82) is 0 Å². The van der Waals surface area contributed by atoms with Crippen molar-refractivity contribution < 1.29 is 4.79 Å². The first-order valence-electron chi connectivity index (χ1n) is 9.12. The Morgan fingerprint density at radius 3 is 2.72 bits per heavy atom. The number of carbonyl (C=O) groups is 1. The molecule has 3 rings (SSSR count). The summed E-state index contributed by atoms with van der Waals surface area (Å²) in [5.41, 5.74) is 9.76. The number of nitrogens with one attached hydrogen (secondary N) is 1. The number of piperidine rings is 1. The molecule has 4 heteroatoms. The molecule has 1 amide bonds. The molecular formula is C21H27N3O. The van der Waals surface area contributed by atoms with Crippen LogP contribution in [0, 0.1) is 0 Å². The predicted molar refractivity (Wildman–Crippen MR) is 102 cm³/mol. The molecule has 25 heavy (non-hydrogen) atoms. The second-order valence-electron chi connectivity index (χ2n) is 6.69. The van der Waals surface area contributed by atoms with Crippen LogP contribution in [0.3, 0.4) is 0 Å². The molecule has 0 spiro atoms. The van der Waals surface area contributed by atoms with Crippen LogP contribution in [0.2, 0.25) is 0 Å². The molecule has 0 aromatic heterocycles. The maximum absolute atomic E-state index is 12.5. The molecule has 4 nitrogen and oxygen atoms in total. The smallest absolute Gasteiger partial charge is 0.251 e. The molecule has 1 saturated heterocycles. The van der Waals surface area contributed by atoms with Gasteiger partial charge in [-0.3, -0.25) is 4.79 Å². The van der Waals surface area contributed by atoms with E-state index in [0.717, 1.165) is 49.2 Å². The Hall–Kier alpha value is -2.17. The number of carbonyl (C=O) groups excluding carboxylic acids is 1. The van der Waals surface area contributed by atoms with Gasteiger partial charge in [-0.05, 0) is 60.8 Å². The van der Waals surface area contributed by atoms with Crippen molar-refractivity contribution in [3.8, 4) is 11.1 Å². The van der Waals surface area contributed by atoms with Crippen LogP contribution in [-0.4, -0.2) is 36.5 Å². The Labute approximate surface area is 150 Å². The summed E-state index contributed by atoms with van der Waals surface area (Å²) in [6.07, 6.45) is 2.21. The van der Waals surface area contributed by atoms with Crippen molar-refractivity contribution >= 4 is 5.91 Å². The number of nitrogens with two attached hydrogens (primary N) is 1. The van der Waals surface area contributed by atoms with Gasteiger partial charge in [-0.2, -0.15) is 0 Å². The zero-order valence-corrected chi connectivity index (χ0v) is 14.9. The third-order valence-corrected chi connectivity index (χ3v) is 4.93. The Morgan fingerprint density at radius 1 is 1.20 bits per heavy atom. The molecule has 0 unspecified atom stereocenters. The maximum atomic E-state index is 12.5. The SMILES string of the molecule is CCN1CCC[C@@H](NC(=O)c2ccc(-c3cccc(CN)c3)cc2)C1. The highest BCUT2D eigenvalue weighted by molar-refractivity contribution is 5.94. The Kier molecular flexibility index (Phi) is 5.84. The Balaban J connectivity index is 1.66. The van der Waals surface area contributed by atoms with E-state index in [9.17, 15) is 4.79 Å². The van der Waals surface area contributed by atoms with Gasteiger partial charge < -0.3 is 16.0 Å². The molecule has 1 fully saturated rings. The van der Waals surface area contributed by atoms with Gasteiger partial charge in [0.05, 0.1) is 0 Å². The zero-order chi connectivity index (χ0) is 17.6. The highest BCUT2D eigenvalue weighted by Crippen LogP contribution is 2.21. The lowest BCUT2D eigenvalue weighted by atomic mass is 10.0. The lowest BCUT2D eigenvalue weighted by molar-refractivity contribution is 0.0906.